The lowest BCUT2D eigenvalue weighted by atomic mass is 9.93. The van der Waals surface area contributed by atoms with Crippen LogP contribution in [0.5, 0.6) is 0 Å². The third kappa shape index (κ3) is 4.43. The predicted molar refractivity (Wildman–Crippen MR) is 86.4 cm³/mol. The molecule has 0 spiro atoms. The highest BCUT2D eigenvalue weighted by Gasteiger charge is 2.25. The van der Waals surface area contributed by atoms with Crippen LogP contribution in [0.15, 0.2) is 22.8 Å². The molecule has 0 aliphatic carbocycles. The summed E-state index contributed by atoms with van der Waals surface area (Å²) in [6.07, 6.45) is 5.05. The van der Waals surface area contributed by atoms with E-state index in [0.717, 1.165) is 42.9 Å². The lowest BCUT2D eigenvalue weighted by molar-refractivity contribution is 0.0680. The number of nitrogens with zero attached hydrogens (tertiary/aromatic N) is 2. The minimum absolute atomic E-state index is 0. The van der Waals surface area contributed by atoms with Crippen LogP contribution in [0.25, 0.3) is 0 Å². The van der Waals surface area contributed by atoms with E-state index in [9.17, 15) is 4.79 Å². The summed E-state index contributed by atoms with van der Waals surface area (Å²) in [5.41, 5.74) is 0.524. The van der Waals surface area contributed by atoms with Gasteiger partial charge in [0.1, 0.15) is 5.69 Å². The Balaban J connectivity index is 0.00000200. The minimum Gasteiger partial charge on any atom is -0.337 e. The molecule has 1 aliphatic rings. The molecule has 1 N–H and O–H groups in total. The lowest BCUT2D eigenvalue weighted by Crippen LogP contribution is -2.39. The topological polar surface area (TPSA) is 45.2 Å². The van der Waals surface area contributed by atoms with Gasteiger partial charge in [0.25, 0.3) is 5.91 Å². The average Bonchev–Trinajstić information content (AvgIpc) is 2.45. The summed E-state index contributed by atoms with van der Waals surface area (Å²) in [6, 6.07) is 3.69. The van der Waals surface area contributed by atoms with E-state index in [1.807, 2.05) is 24.1 Å². The SMILES string of the molecule is CNCCC1CCN(C(=O)c2ncccc2Br)CC1.Cl. The number of hydrogen-bond acceptors (Lipinski definition) is 3. The van der Waals surface area contributed by atoms with Gasteiger partial charge in [0.2, 0.25) is 0 Å². The monoisotopic (exact) mass is 361 g/mol. The number of nitrogens with one attached hydrogen (secondary N) is 1. The zero-order chi connectivity index (χ0) is 13.7. The molecule has 1 aromatic rings. The zero-order valence-electron chi connectivity index (χ0n) is 11.6. The molecule has 1 saturated heterocycles. The first-order valence-corrected chi connectivity index (χ1v) is 7.56. The van der Waals surface area contributed by atoms with Gasteiger partial charge in [-0.1, -0.05) is 0 Å². The van der Waals surface area contributed by atoms with E-state index in [1.54, 1.807) is 6.20 Å². The number of rotatable bonds is 4. The van der Waals surface area contributed by atoms with Crippen LogP contribution in [0.2, 0.25) is 0 Å². The van der Waals surface area contributed by atoms with Crippen molar-refractivity contribution in [2.45, 2.75) is 19.3 Å². The van der Waals surface area contributed by atoms with Crippen molar-refractivity contribution in [2.24, 2.45) is 5.92 Å². The third-order valence-electron chi connectivity index (χ3n) is 3.67. The predicted octanol–water partition coefficient (Wildman–Crippen LogP) is 2.73. The fourth-order valence-corrected chi connectivity index (χ4v) is 2.89. The van der Waals surface area contributed by atoms with Crippen LogP contribution in [0.1, 0.15) is 29.8 Å². The minimum atomic E-state index is 0. The van der Waals surface area contributed by atoms with Gasteiger partial charge >= 0.3 is 0 Å². The van der Waals surface area contributed by atoms with Crippen molar-refractivity contribution in [3.05, 3.63) is 28.5 Å². The first-order chi connectivity index (χ1) is 9.22. The Morgan fingerprint density at radius 1 is 1.50 bits per heavy atom. The summed E-state index contributed by atoms with van der Waals surface area (Å²) >= 11 is 3.39. The maximum absolute atomic E-state index is 12.4. The van der Waals surface area contributed by atoms with E-state index in [-0.39, 0.29) is 18.3 Å². The molecule has 0 atom stereocenters. The van der Waals surface area contributed by atoms with Crippen molar-refractivity contribution in [1.29, 1.82) is 0 Å². The molecule has 1 aromatic heterocycles. The van der Waals surface area contributed by atoms with Crippen molar-refractivity contribution in [2.75, 3.05) is 26.7 Å². The average molecular weight is 363 g/mol. The number of aromatic nitrogens is 1. The third-order valence-corrected chi connectivity index (χ3v) is 4.31. The molecule has 1 fully saturated rings. The smallest absolute Gasteiger partial charge is 0.273 e. The maximum atomic E-state index is 12.4. The molecule has 1 aliphatic heterocycles. The van der Waals surface area contributed by atoms with Gasteiger partial charge in [0, 0.05) is 23.8 Å². The molecule has 0 bridgehead atoms. The number of carbonyl (C=O) groups is 1. The number of hydrogen-bond donors (Lipinski definition) is 1. The fraction of sp³-hybridized carbons (Fsp3) is 0.571. The van der Waals surface area contributed by atoms with Crippen molar-refractivity contribution in [1.82, 2.24) is 15.2 Å². The molecule has 2 heterocycles. The van der Waals surface area contributed by atoms with Crippen LogP contribution < -0.4 is 5.32 Å². The lowest BCUT2D eigenvalue weighted by Gasteiger charge is -2.32. The first kappa shape index (κ1) is 17.4. The molecule has 0 saturated carbocycles. The molecule has 0 aromatic carbocycles. The Morgan fingerprint density at radius 3 is 2.80 bits per heavy atom. The standard InChI is InChI=1S/C14H20BrN3O.ClH/c1-16-8-4-11-5-9-18(10-6-11)14(19)13-12(15)3-2-7-17-13;/h2-3,7,11,16H,4-6,8-10H2,1H3;1H. The molecule has 2 rings (SSSR count). The van der Waals surface area contributed by atoms with Gasteiger partial charge in [0.15, 0.2) is 0 Å². The molecule has 6 heteroatoms. The molecular formula is C14H21BrClN3O. The van der Waals surface area contributed by atoms with E-state index in [1.165, 1.54) is 6.42 Å². The summed E-state index contributed by atoms with van der Waals surface area (Å²) in [7, 11) is 1.98. The van der Waals surface area contributed by atoms with Crippen molar-refractivity contribution < 1.29 is 4.79 Å². The van der Waals surface area contributed by atoms with E-state index in [4.69, 9.17) is 0 Å². The van der Waals surface area contributed by atoms with Gasteiger partial charge in [-0.3, -0.25) is 4.79 Å². The summed E-state index contributed by atoms with van der Waals surface area (Å²) in [5, 5.41) is 3.19. The first-order valence-electron chi connectivity index (χ1n) is 6.76. The van der Waals surface area contributed by atoms with Crippen molar-refractivity contribution in [3.8, 4) is 0 Å². The molecule has 0 unspecified atom stereocenters. The van der Waals surface area contributed by atoms with Gasteiger partial charge in [-0.2, -0.15) is 0 Å². The van der Waals surface area contributed by atoms with Crippen LogP contribution in [0.4, 0.5) is 0 Å². The number of amides is 1. The molecule has 20 heavy (non-hydrogen) atoms. The van der Waals surface area contributed by atoms with Gasteiger partial charge in [-0.25, -0.2) is 4.98 Å². The zero-order valence-corrected chi connectivity index (χ0v) is 14.0. The highest BCUT2D eigenvalue weighted by Crippen LogP contribution is 2.23. The molecule has 4 nitrogen and oxygen atoms in total. The van der Waals surface area contributed by atoms with Gasteiger partial charge in [-0.15, -0.1) is 12.4 Å². The second kappa shape index (κ2) is 8.60. The van der Waals surface area contributed by atoms with Crippen LogP contribution in [0.3, 0.4) is 0 Å². The summed E-state index contributed by atoms with van der Waals surface area (Å²) in [4.78, 5) is 18.5. The number of likely N-dealkylation sites (tertiary alicyclic amines) is 1. The number of pyridine rings is 1. The van der Waals surface area contributed by atoms with Crippen molar-refractivity contribution >= 4 is 34.2 Å². The fourth-order valence-electron chi connectivity index (χ4n) is 2.47. The Bertz CT molecular complexity index is 436. The number of piperidine rings is 1. The summed E-state index contributed by atoms with van der Waals surface area (Å²) in [6.45, 7) is 2.75. The Labute approximate surface area is 134 Å². The Morgan fingerprint density at radius 2 is 2.20 bits per heavy atom. The van der Waals surface area contributed by atoms with Gasteiger partial charge in [0.05, 0.1) is 0 Å². The molecular weight excluding hydrogens is 342 g/mol. The van der Waals surface area contributed by atoms with Crippen LogP contribution in [-0.4, -0.2) is 42.5 Å². The highest BCUT2D eigenvalue weighted by molar-refractivity contribution is 9.10. The van der Waals surface area contributed by atoms with Crippen LogP contribution in [0, 0.1) is 5.92 Å². The maximum Gasteiger partial charge on any atom is 0.273 e. The number of carbonyl (C=O) groups excluding carboxylic acids is 1. The Hall–Kier alpha value is -0.650. The largest absolute Gasteiger partial charge is 0.337 e. The second-order valence-electron chi connectivity index (χ2n) is 4.96. The normalized spacial score (nSPS) is 15.8. The van der Waals surface area contributed by atoms with Crippen LogP contribution in [-0.2, 0) is 0 Å². The summed E-state index contributed by atoms with van der Waals surface area (Å²) < 4.78 is 0.775. The second-order valence-corrected chi connectivity index (χ2v) is 5.82. The summed E-state index contributed by atoms with van der Waals surface area (Å²) in [5.74, 6) is 0.781. The quantitative estimate of drug-likeness (QED) is 0.896. The Kier molecular flexibility index (Phi) is 7.48. The van der Waals surface area contributed by atoms with E-state index in [2.05, 4.69) is 26.2 Å². The molecule has 1 amide bonds. The van der Waals surface area contributed by atoms with E-state index >= 15 is 0 Å². The highest BCUT2D eigenvalue weighted by atomic mass is 79.9. The molecule has 112 valence electrons. The number of halogens is 2. The van der Waals surface area contributed by atoms with Crippen LogP contribution >= 0.6 is 28.3 Å². The van der Waals surface area contributed by atoms with Gasteiger partial charge < -0.3 is 10.2 Å². The van der Waals surface area contributed by atoms with Crippen molar-refractivity contribution in [3.63, 3.8) is 0 Å². The molecule has 0 radical (unpaired) electrons. The van der Waals surface area contributed by atoms with E-state index in [0.29, 0.717) is 5.69 Å². The van der Waals surface area contributed by atoms with Gasteiger partial charge in [-0.05, 0) is 66.8 Å². The van der Waals surface area contributed by atoms with E-state index < -0.39 is 0 Å².